The molecule has 1 fully saturated rings. The summed E-state index contributed by atoms with van der Waals surface area (Å²) in [6.07, 6.45) is 0.465. The fourth-order valence-corrected chi connectivity index (χ4v) is 5.99. The number of hydrogen-bond acceptors (Lipinski definition) is 7. The summed E-state index contributed by atoms with van der Waals surface area (Å²) < 4.78 is 44.2. The second kappa shape index (κ2) is 9.41. The van der Waals surface area contributed by atoms with E-state index in [0.717, 1.165) is 15.3 Å². The lowest BCUT2D eigenvalue weighted by Gasteiger charge is -2.34. The Balaban J connectivity index is 1.26. The predicted octanol–water partition coefficient (Wildman–Crippen LogP) is 3.35. The van der Waals surface area contributed by atoms with E-state index >= 15 is 0 Å². The molecule has 1 saturated heterocycles. The SMILES string of the molecule is COc1ccc(S(=O)(=O)CCCC(=O)N2CCN(c3nc4ccc(F)cc4s3)CC2)cc1. The van der Waals surface area contributed by atoms with Crippen molar-refractivity contribution in [1.29, 1.82) is 0 Å². The van der Waals surface area contributed by atoms with Gasteiger partial charge in [0.1, 0.15) is 11.6 Å². The molecular formula is C22H24FN3O4S2. The molecule has 0 atom stereocenters. The molecule has 0 aliphatic carbocycles. The second-order valence-corrected chi connectivity index (χ2v) is 10.7. The minimum atomic E-state index is -3.44. The lowest BCUT2D eigenvalue weighted by atomic mass is 10.2. The molecule has 1 aliphatic rings. The Bertz CT molecular complexity index is 1200. The average Bonchev–Trinajstić information content (AvgIpc) is 3.22. The highest BCUT2D eigenvalue weighted by molar-refractivity contribution is 7.91. The molecule has 4 rings (SSSR count). The van der Waals surface area contributed by atoms with Gasteiger partial charge in [-0.3, -0.25) is 4.79 Å². The Morgan fingerprint density at radius 2 is 1.84 bits per heavy atom. The highest BCUT2D eigenvalue weighted by Crippen LogP contribution is 2.30. The van der Waals surface area contributed by atoms with E-state index in [9.17, 15) is 17.6 Å². The monoisotopic (exact) mass is 477 g/mol. The van der Waals surface area contributed by atoms with Crippen LogP contribution in [0.5, 0.6) is 5.75 Å². The Kier molecular flexibility index (Phi) is 6.61. The number of aromatic nitrogens is 1. The van der Waals surface area contributed by atoms with Crippen LogP contribution >= 0.6 is 11.3 Å². The van der Waals surface area contributed by atoms with Gasteiger partial charge in [0.2, 0.25) is 5.91 Å². The molecule has 1 amide bonds. The number of thiazole rings is 1. The number of fused-ring (bicyclic) bond motifs is 1. The third-order valence-electron chi connectivity index (χ3n) is 5.46. The molecule has 10 heteroatoms. The fraction of sp³-hybridized carbons (Fsp3) is 0.364. The number of amides is 1. The summed E-state index contributed by atoms with van der Waals surface area (Å²) in [7, 11) is -1.92. The van der Waals surface area contributed by atoms with Crippen LogP contribution in [0, 0.1) is 5.82 Å². The van der Waals surface area contributed by atoms with Crippen molar-refractivity contribution in [2.24, 2.45) is 0 Å². The highest BCUT2D eigenvalue weighted by atomic mass is 32.2. The number of halogens is 1. The molecule has 0 unspecified atom stereocenters. The summed E-state index contributed by atoms with van der Waals surface area (Å²) in [4.78, 5) is 21.2. The summed E-state index contributed by atoms with van der Waals surface area (Å²) in [5.74, 6) is 0.196. The maximum Gasteiger partial charge on any atom is 0.222 e. The van der Waals surface area contributed by atoms with Crippen LogP contribution in [0.4, 0.5) is 9.52 Å². The average molecular weight is 478 g/mol. The van der Waals surface area contributed by atoms with Crippen LogP contribution in [0.25, 0.3) is 10.2 Å². The summed E-state index contributed by atoms with van der Waals surface area (Å²) in [6.45, 7) is 2.37. The number of carbonyl (C=O) groups excluding carboxylic acids is 1. The first-order valence-corrected chi connectivity index (χ1v) is 12.8. The van der Waals surface area contributed by atoms with E-state index in [1.165, 1.54) is 42.7 Å². The van der Waals surface area contributed by atoms with Gasteiger partial charge in [-0.25, -0.2) is 17.8 Å². The second-order valence-electron chi connectivity index (χ2n) is 7.57. The van der Waals surface area contributed by atoms with E-state index in [-0.39, 0.29) is 35.2 Å². The third kappa shape index (κ3) is 5.02. The smallest absolute Gasteiger partial charge is 0.222 e. The van der Waals surface area contributed by atoms with E-state index in [0.29, 0.717) is 31.9 Å². The molecule has 2 heterocycles. The molecule has 3 aromatic rings. The van der Waals surface area contributed by atoms with E-state index in [1.807, 2.05) is 0 Å². The summed E-state index contributed by atoms with van der Waals surface area (Å²) >= 11 is 1.44. The van der Waals surface area contributed by atoms with Gasteiger partial charge in [-0.15, -0.1) is 0 Å². The van der Waals surface area contributed by atoms with E-state index in [2.05, 4.69) is 9.88 Å². The van der Waals surface area contributed by atoms with Gasteiger partial charge in [-0.2, -0.15) is 0 Å². The zero-order chi connectivity index (χ0) is 22.7. The van der Waals surface area contributed by atoms with Gasteiger partial charge in [0.05, 0.1) is 28.0 Å². The van der Waals surface area contributed by atoms with Crippen molar-refractivity contribution < 1.29 is 22.3 Å². The molecule has 0 radical (unpaired) electrons. The van der Waals surface area contributed by atoms with Crippen LogP contribution in [0.15, 0.2) is 47.4 Å². The number of rotatable bonds is 7. The molecule has 0 saturated carbocycles. The van der Waals surface area contributed by atoms with E-state index in [1.54, 1.807) is 23.1 Å². The number of nitrogens with zero attached hydrogens (tertiary/aromatic N) is 3. The molecule has 170 valence electrons. The topological polar surface area (TPSA) is 79.8 Å². The van der Waals surface area contributed by atoms with E-state index in [4.69, 9.17) is 4.74 Å². The van der Waals surface area contributed by atoms with Crippen molar-refractivity contribution in [2.75, 3.05) is 43.9 Å². The van der Waals surface area contributed by atoms with Gasteiger partial charge in [0, 0.05) is 32.6 Å². The first kappa shape index (κ1) is 22.5. The third-order valence-corrected chi connectivity index (χ3v) is 8.36. The van der Waals surface area contributed by atoms with Gasteiger partial charge >= 0.3 is 0 Å². The Labute approximate surface area is 190 Å². The van der Waals surface area contributed by atoms with Gasteiger partial charge in [-0.1, -0.05) is 11.3 Å². The van der Waals surface area contributed by atoms with Crippen molar-refractivity contribution >= 4 is 42.4 Å². The minimum Gasteiger partial charge on any atom is -0.497 e. The molecule has 0 spiro atoms. The quantitative estimate of drug-likeness (QED) is 0.519. The molecular weight excluding hydrogens is 453 g/mol. The Hall–Kier alpha value is -2.72. The van der Waals surface area contributed by atoms with Crippen LogP contribution in [0.2, 0.25) is 0 Å². The first-order chi connectivity index (χ1) is 15.4. The van der Waals surface area contributed by atoms with Gasteiger partial charge in [-0.05, 0) is 48.9 Å². The number of ether oxygens (including phenoxy) is 1. The number of carbonyl (C=O) groups is 1. The van der Waals surface area contributed by atoms with Crippen LogP contribution in [0.3, 0.4) is 0 Å². The van der Waals surface area contributed by atoms with Crippen LogP contribution in [-0.2, 0) is 14.6 Å². The fourth-order valence-electron chi connectivity index (χ4n) is 3.64. The summed E-state index contributed by atoms with van der Waals surface area (Å²) in [5, 5.41) is 0.822. The molecule has 32 heavy (non-hydrogen) atoms. The lowest BCUT2D eigenvalue weighted by Crippen LogP contribution is -2.48. The number of piperazine rings is 1. The largest absolute Gasteiger partial charge is 0.497 e. The maximum absolute atomic E-state index is 13.4. The molecule has 2 aromatic carbocycles. The Morgan fingerprint density at radius 1 is 1.12 bits per heavy atom. The van der Waals surface area contributed by atoms with Crippen LogP contribution in [0.1, 0.15) is 12.8 Å². The zero-order valence-corrected chi connectivity index (χ0v) is 19.3. The van der Waals surface area contributed by atoms with Crippen molar-refractivity contribution in [3.8, 4) is 5.75 Å². The van der Waals surface area contributed by atoms with Gasteiger partial charge in [0.25, 0.3) is 0 Å². The van der Waals surface area contributed by atoms with Crippen molar-refractivity contribution in [3.05, 3.63) is 48.3 Å². The predicted molar refractivity (Wildman–Crippen MR) is 123 cm³/mol. The van der Waals surface area contributed by atoms with Crippen molar-refractivity contribution in [3.63, 3.8) is 0 Å². The van der Waals surface area contributed by atoms with Crippen molar-refractivity contribution in [1.82, 2.24) is 9.88 Å². The van der Waals surface area contributed by atoms with E-state index < -0.39 is 9.84 Å². The molecule has 0 N–H and O–H groups in total. The maximum atomic E-state index is 13.4. The zero-order valence-electron chi connectivity index (χ0n) is 17.7. The van der Waals surface area contributed by atoms with Crippen molar-refractivity contribution in [2.45, 2.75) is 17.7 Å². The minimum absolute atomic E-state index is 0.0408. The number of methoxy groups -OCH3 is 1. The Morgan fingerprint density at radius 3 is 2.53 bits per heavy atom. The standard InChI is InChI=1S/C22H24FN3O4S2/c1-30-17-5-7-18(8-6-17)32(28,29)14-2-3-21(27)25-10-12-26(13-11-25)22-24-19-9-4-16(23)15-20(19)31-22/h4-9,15H,2-3,10-14H2,1H3. The first-order valence-electron chi connectivity index (χ1n) is 10.3. The van der Waals surface area contributed by atoms with Crippen LogP contribution in [-0.4, -0.2) is 63.3 Å². The normalized spacial score (nSPS) is 14.7. The molecule has 7 nitrogen and oxygen atoms in total. The van der Waals surface area contributed by atoms with Gasteiger partial charge in [0.15, 0.2) is 15.0 Å². The van der Waals surface area contributed by atoms with Gasteiger partial charge < -0.3 is 14.5 Å². The molecule has 0 bridgehead atoms. The highest BCUT2D eigenvalue weighted by Gasteiger charge is 2.24. The number of benzene rings is 2. The van der Waals surface area contributed by atoms with Crippen LogP contribution < -0.4 is 9.64 Å². The summed E-state index contributed by atoms with van der Waals surface area (Å²) in [6, 6.07) is 10.8. The number of hydrogen-bond donors (Lipinski definition) is 0. The molecule has 1 aromatic heterocycles. The number of sulfone groups is 1. The summed E-state index contributed by atoms with van der Waals surface area (Å²) in [5.41, 5.74) is 0.767. The number of anilines is 1. The lowest BCUT2D eigenvalue weighted by molar-refractivity contribution is -0.131. The molecule has 1 aliphatic heterocycles.